The van der Waals surface area contributed by atoms with Crippen molar-refractivity contribution in [1.29, 1.82) is 0 Å². The minimum Gasteiger partial charge on any atom is -0.507 e. The molecule has 156 valence electrons. The van der Waals surface area contributed by atoms with Gasteiger partial charge < -0.3 is 28.5 Å². The van der Waals surface area contributed by atoms with E-state index in [1.165, 1.54) is 31.6 Å². The molecule has 31 heavy (non-hydrogen) atoms. The summed E-state index contributed by atoms with van der Waals surface area (Å²) in [5, 5.41) is 20.5. The third-order valence-electron chi connectivity index (χ3n) is 5.27. The highest BCUT2D eigenvalue weighted by Gasteiger charge is 2.35. The average molecular weight is 420 g/mol. The lowest BCUT2D eigenvalue weighted by Gasteiger charge is -2.24. The van der Waals surface area contributed by atoms with Crippen LogP contribution < -0.4 is 14.9 Å². The Morgan fingerprint density at radius 3 is 2.61 bits per heavy atom. The molecule has 0 bridgehead atoms. The molecule has 0 saturated carbocycles. The van der Waals surface area contributed by atoms with Gasteiger partial charge in [0.15, 0.2) is 16.9 Å². The van der Waals surface area contributed by atoms with Crippen LogP contribution in [0.3, 0.4) is 0 Å². The maximum absolute atomic E-state index is 12.9. The van der Waals surface area contributed by atoms with Crippen LogP contribution in [0.1, 0.15) is 23.7 Å². The van der Waals surface area contributed by atoms with Crippen LogP contribution >= 0.6 is 0 Å². The second kappa shape index (κ2) is 6.94. The van der Waals surface area contributed by atoms with Gasteiger partial charge in [0.25, 0.3) is 0 Å². The summed E-state index contributed by atoms with van der Waals surface area (Å²) >= 11 is 0. The maximum atomic E-state index is 12.9. The van der Waals surface area contributed by atoms with Crippen LogP contribution in [0, 0.1) is 0 Å². The number of carbonyl (C=O) groups is 1. The van der Waals surface area contributed by atoms with Gasteiger partial charge in [-0.05, 0) is 30.3 Å². The third-order valence-corrected chi connectivity index (χ3v) is 5.27. The summed E-state index contributed by atoms with van der Waals surface area (Å²) in [6, 6.07) is 10.5. The van der Waals surface area contributed by atoms with Crippen molar-refractivity contribution in [3.05, 3.63) is 70.3 Å². The van der Waals surface area contributed by atoms with Gasteiger partial charge in [0.2, 0.25) is 0 Å². The Kier molecular flexibility index (Phi) is 4.21. The first kappa shape index (κ1) is 18.8. The summed E-state index contributed by atoms with van der Waals surface area (Å²) in [7, 11) is 1.43. The van der Waals surface area contributed by atoms with E-state index in [1.807, 2.05) is 0 Å². The molecular weight excluding hydrogens is 404 g/mol. The molecule has 2 N–H and O–H groups in total. The number of furan rings is 1. The highest BCUT2D eigenvalue weighted by molar-refractivity contribution is 5.93. The summed E-state index contributed by atoms with van der Waals surface area (Å²) in [5.41, 5.74) is 0.458. The molecule has 2 aromatic carbocycles. The zero-order chi connectivity index (χ0) is 21.7. The van der Waals surface area contributed by atoms with E-state index in [9.17, 15) is 19.8 Å². The lowest BCUT2D eigenvalue weighted by Crippen LogP contribution is -2.21. The van der Waals surface area contributed by atoms with Gasteiger partial charge in [0.1, 0.15) is 34.0 Å². The van der Waals surface area contributed by atoms with Crippen LogP contribution in [0.4, 0.5) is 0 Å². The van der Waals surface area contributed by atoms with Crippen LogP contribution in [0.25, 0.3) is 22.3 Å². The first-order valence-corrected chi connectivity index (χ1v) is 9.41. The van der Waals surface area contributed by atoms with E-state index in [0.29, 0.717) is 16.9 Å². The van der Waals surface area contributed by atoms with Crippen LogP contribution in [0.15, 0.2) is 62.4 Å². The lowest BCUT2D eigenvalue weighted by atomic mass is 9.88. The molecule has 5 rings (SSSR count). The van der Waals surface area contributed by atoms with E-state index >= 15 is 0 Å². The Bertz CT molecular complexity index is 1380. The minimum atomic E-state index is -0.558. The molecule has 1 aliphatic rings. The van der Waals surface area contributed by atoms with Crippen molar-refractivity contribution in [3.63, 3.8) is 0 Å². The number of hydrogen-bond acceptors (Lipinski definition) is 8. The summed E-state index contributed by atoms with van der Waals surface area (Å²) in [5.74, 6) is -0.503. The van der Waals surface area contributed by atoms with E-state index < -0.39 is 17.3 Å². The van der Waals surface area contributed by atoms with E-state index in [-0.39, 0.29) is 46.1 Å². The van der Waals surface area contributed by atoms with Crippen molar-refractivity contribution < 1.29 is 33.3 Å². The molecule has 0 saturated heterocycles. The van der Waals surface area contributed by atoms with Crippen molar-refractivity contribution >= 4 is 16.9 Å². The van der Waals surface area contributed by atoms with E-state index in [4.69, 9.17) is 18.3 Å². The Balaban J connectivity index is 1.80. The Hall–Kier alpha value is -4.20. The number of carbonyl (C=O) groups excluding carboxylic acids is 1. The van der Waals surface area contributed by atoms with Crippen molar-refractivity contribution in [3.8, 4) is 34.3 Å². The van der Waals surface area contributed by atoms with Gasteiger partial charge in [-0.2, -0.15) is 0 Å². The van der Waals surface area contributed by atoms with Gasteiger partial charge in [-0.25, -0.2) is 0 Å². The van der Waals surface area contributed by atoms with Gasteiger partial charge in [0.05, 0.1) is 25.7 Å². The molecule has 0 spiro atoms. The second-order valence-corrected chi connectivity index (χ2v) is 7.12. The summed E-state index contributed by atoms with van der Waals surface area (Å²) in [4.78, 5) is 25.1. The molecule has 2 aromatic heterocycles. The SMILES string of the molecule is COc1ccc(-c2cc(=O)c3c(O)cc4c(c3o2)[C@@H](c2ccco2)CC(=O)O4)cc1O. The normalized spacial score (nSPS) is 15.5. The maximum Gasteiger partial charge on any atom is 0.312 e. The number of phenols is 2. The molecule has 0 radical (unpaired) electrons. The molecule has 1 atom stereocenters. The largest absolute Gasteiger partial charge is 0.507 e. The van der Waals surface area contributed by atoms with Crippen LogP contribution in [-0.4, -0.2) is 23.3 Å². The number of methoxy groups -OCH3 is 1. The van der Waals surface area contributed by atoms with E-state index in [2.05, 4.69) is 0 Å². The zero-order valence-corrected chi connectivity index (χ0v) is 16.2. The van der Waals surface area contributed by atoms with Gasteiger partial charge in [0, 0.05) is 23.3 Å². The van der Waals surface area contributed by atoms with Crippen LogP contribution in [0.2, 0.25) is 0 Å². The molecule has 1 aliphatic heterocycles. The molecule has 8 heteroatoms. The quantitative estimate of drug-likeness (QED) is 0.378. The van der Waals surface area contributed by atoms with Gasteiger partial charge >= 0.3 is 5.97 Å². The fourth-order valence-corrected chi connectivity index (χ4v) is 3.88. The number of hydrogen-bond donors (Lipinski definition) is 2. The standard InChI is InChI=1S/C23H16O8/c1-28-17-5-4-11(7-13(17)24)18-9-14(25)22-15(26)10-19-21(23(22)31-18)12(8-20(27)30-19)16-3-2-6-29-16/h2-7,9-10,12,24,26H,8H2,1H3/t12-/m1/s1. The number of esters is 1. The molecule has 0 unspecified atom stereocenters. The van der Waals surface area contributed by atoms with Crippen molar-refractivity contribution in [2.75, 3.05) is 7.11 Å². The predicted octanol–water partition coefficient (Wildman–Crippen LogP) is 3.91. The molecule has 0 fully saturated rings. The second-order valence-electron chi connectivity index (χ2n) is 7.12. The van der Waals surface area contributed by atoms with Gasteiger partial charge in [-0.1, -0.05) is 0 Å². The van der Waals surface area contributed by atoms with Crippen LogP contribution in [-0.2, 0) is 4.79 Å². The minimum absolute atomic E-state index is 0.0162. The zero-order valence-electron chi connectivity index (χ0n) is 16.2. The topological polar surface area (TPSA) is 119 Å². The van der Waals surface area contributed by atoms with Crippen LogP contribution in [0.5, 0.6) is 23.0 Å². The Labute approximate surface area is 174 Å². The highest BCUT2D eigenvalue weighted by atomic mass is 16.5. The monoisotopic (exact) mass is 420 g/mol. The molecular formula is C23H16O8. The predicted molar refractivity (Wildman–Crippen MR) is 109 cm³/mol. The van der Waals surface area contributed by atoms with E-state index in [1.54, 1.807) is 24.3 Å². The van der Waals surface area contributed by atoms with Crippen molar-refractivity contribution in [2.45, 2.75) is 12.3 Å². The van der Waals surface area contributed by atoms with Gasteiger partial charge in [-0.15, -0.1) is 0 Å². The van der Waals surface area contributed by atoms with Crippen molar-refractivity contribution in [2.24, 2.45) is 0 Å². The number of aromatic hydroxyl groups is 2. The highest BCUT2D eigenvalue weighted by Crippen LogP contribution is 2.46. The van der Waals surface area contributed by atoms with E-state index in [0.717, 1.165) is 0 Å². The summed E-state index contributed by atoms with van der Waals surface area (Å²) in [6.45, 7) is 0. The average Bonchev–Trinajstić information content (AvgIpc) is 3.27. The molecule has 3 heterocycles. The van der Waals surface area contributed by atoms with Crippen molar-refractivity contribution in [1.82, 2.24) is 0 Å². The number of phenolic OH excluding ortho intramolecular Hbond substituents is 2. The fourth-order valence-electron chi connectivity index (χ4n) is 3.88. The Morgan fingerprint density at radius 1 is 1.06 bits per heavy atom. The number of rotatable bonds is 3. The lowest BCUT2D eigenvalue weighted by molar-refractivity contribution is -0.135. The smallest absolute Gasteiger partial charge is 0.312 e. The molecule has 0 aliphatic carbocycles. The number of fused-ring (bicyclic) bond motifs is 3. The van der Waals surface area contributed by atoms with Gasteiger partial charge in [-0.3, -0.25) is 9.59 Å². The third kappa shape index (κ3) is 3.00. The molecule has 4 aromatic rings. The first-order valence-electron chi connectivity index (χ1n) is 9.41. The fraction of sp³-hybridized carbons (Fsp3) is 0.130. The Morgan fingerprint density at radius 2 is 1.90 bits per heavy atom. The summed E-state index contributed by atoms with van der Waals surface area (Å²) < 4.78 is 21.9. The summed E-state index contributed by atoms with van der Waals surface area (Å²) in [6.07, 6.45) is 1.47. The number of ether oxygens (including phenoxy) is 2. The number of benzene rings is 2. The molecule has 8 nitrogen and oxygen atoms in total. The molecule has 0 amide bonds. The first-order chi connectivity index (χ1) is 15.0.